The van der Waals surface area contributed by atoms with Crippen molar-refractivity contribution in [2.45, 2.75) is 4.90 Å². The van der Waals surface area contributed by atoms with E-state index in [4.69, 9.17) is 18.9 Å². The van der Waals surface area contributed by atoms with Gasteiger partial charge in [-0.1, -0.05) is 0 Å². The van der Waals surface area contributed by atoms with Crippen molar-refractivity contribution >= 4 is 15.7 Å². The van der Waals surface area contributed by atoms with Crippen LogP contribution in [-0.4, -0.2) is 42.0 Å². The fourth-order valence-corrected chi connectivity index (χ4v) is 3.25. The molecule has 0 spiro atoms. The van der Waals surface area contributed by atoms with Gasteiger partial charge in [0, 0.05) is 18.2 Å². The number of phenols is 1. The Morgan fingerprint density at radius 3 is 1.84 bits per heavy atom. The Labute approximate surface area is 146 Å². The smallest absolute Gasteiger partial charge is 0.262 e. The lowest BCUT2D eigenvalue weighted by molar-refractivity contribution is 0.324. The molecular weight excluding hydrogens is 350 g/mol. The number of methoxy groups -OCH3 is 4. The molecule has 9 heteroatoms. The van der Waals surface area contributed by atoms with Crippen molar-refractivity contribution < 1.29 is 32.5 Å². The molecule has 0 amide bonds. The average molecular weight is 369 g/mol. The van der Waals surface area contributed by atoms with Gasteiger partial charge < -0.3 is 24.1 Å². The Hall–Kier alpha value is -2.81. The summed E-state index contributed by atoms with van der Waals surface area (Å²) in [5.41, 5.74) is 0.213. The number of anilines is 1. The Balaban J connectivity index is 2.42. The molecule has 25 heavy (non-hydrogen) atoms. The van der Waals surface area contributed by atoms with Crippen LogP contribution in [0.15, 0.2) is 35.2 Å². The van der Waals surface area contributed by atoms with Crippen LogP contribution in [0.5, 0.6) is 28.7 Å². The lowest BCUT2D eigenvalue weighted by Gasteiger charge is -2.15. The molecule has 0 aromatic heterocycles. The maximum absolute atomic E-state index is 12.5. The summed E-state index contributed by atoms with van der Waals surface area (Å²) in [6.07, 6.45) is 0. The lowest BCUT2D eigenvalue weighted by Crippen LogP contribution is -2.13. The highest BCUT2D eigenvalue weighted by Gasteiger charge is 2.20. The first kappa shape index (κ1) is 18.5. The molecule has 0 bridgehead atoms. The first-order valence-corrected chi connectivity index (χ1v) is 8.54. The third-order valence-electron chi connectivity index (χ3n) is 3.38. The predicted molar refractivity (Wildman–Crippen MR) is 91.6 cm³/mol. The zero-order chi connectivity index (χ0) is 18.6. The zero-order valence-corrected chi connectivity index (χ0v) is 15.0. The first-order chi connectivity index (χ1) is 11.9. The molecule has 2 N–H and O–H groups in total. The molecule has 0 heterocycles. The Kier molecular flexibility index (Phi) is 5.48. The van der Waals surface area contributed by atoms with Gasteiger partial charge in [0.1, 0.15) is 0 Å². The fraction of sp³-hybridized carbons (Fsp3) is 0.250. The van der Waals surface area contributed by atoms with Gasteiger partial charge in [-0.15, -0.1) is 0 Å². The van der Waals surface area contributed by atoms with Gasteiger partial charge in [-0.25, -0.2) is 8.42 Å². The first-order valence-electron chi connectivity index (χ1n) is 7.06. The number of sulfonamides is 1. The maximum atomic E-state index is 12.5. The van der Waals surface area contributed by atoms with Crippen molar-refractivity contribution in [2.75, 3.05) is 33.2 Å². The second-order valence-corrected chi connectivity index (χ2v) is 6.54. The molecule has 2 aromatic rings. The number of nitrogens with one attached hydrogen (secondary N) is 1. The maximum Gasteiger partial charge on any atom is 0.262 e. The minimum Gasteiger partial charge on any atom is -0.504 e. The van der Waals surface area contributed by atoms with E-state index in [9.17, 15) is 13.5 Å². The number of phenolic OH excluding ortho intramolecular Hbond substituents is 1. The van der Waals surface area contributed by atoms with Gasteiger partial charge in [0.2, 0.25) is 5.75 Å². The van der Waals surface area contributed by atoms with Crippen LogP contribution in [0.2, 0.25) is 0 Å². The van der Waals surface area contributed by atoms with E-state index >= 15 is 0 Å². The molecule has 136 valence electrons. The van der Waals surface area contributed by atoms with Gasteiger partial charge in [0.05, 0.1) is 39.0 Å². The van der Waals surface area contributed by atoms with E-state index in [0.29, 0.717) is 17.2 Å². The van der Waals surface area contributed by atoms with Crippen molar-refractivity contribution in [1.29, 1.82) is 0 Å². The normalized spacial score (nSPS) is 10.9. The van der Waals surface area contributed by atoms with Crippen molar-refractivity contribution in [3.05, 3.63) is 30.3 Å². The van der Waals surface area contributed by atoms with Crippen molar-refractivity contribution in [3.63, 3.8) is 0 Å². The highest BCUT2D eigenvalue weighted by atomic mass is 32.2. The van der Waals surface area contributed by atoms with Crippen LogP contribution in [-0.2, 0) is 10.0 Å². The molecule has 0 aliphatic carbocycles. The molecule has 2 aromatic carbocycles. The zero-order valence-electron chi connectivity index (χ0n) is 14.2. The van der Waals surface area contributed by atoms with Crippen LogP contribution in [0.1, 0.15) is 0 Å². The number of aromatic hydroxyl groups is 1. The fourth-order valence-electron chi connectivity index (χ4n) is 2.19. The van der Waals surface area contributed by atoms with E-state index in [-0.39, 0.29) is 22.1 Å². The Morgan fingerprint density at radius 2 is 1.40 bits per heavy atom. The van der Waals surface area contributed by atoms with E-state index in [1.807, 2.05) is 0 Å². The van der Waals surface area contributed by atoms with Gasteiger partial charge in [0.25, 0.3) is 10.0 Å². The summed E-state index contributed by atoms with van der Waals surface area (Å²) in [5.74, 6) is 0.839. The summed E-state index contributed by atoms with van der Waals surface area (Å²) in [6.45, 7) is 0. The largest absolute Gasteiger partial charge is 0.504 e. The minimum absolute atomic E-state index is 0.125. The molecule has 0 saturated heterocycles. The summed E-state index contributed by atoms with van der Waals surface area (Å²) in [6, 6.07) is 6.70. The molecule has 0 saturated carbocycles. The molecule has 0 aliphatic rings. The quantitative estimate of drug-likeness (QED) is 0.771. The third-order valence-corrected chi connectivity index (χ3v) is 4.76. The van der Waals surface area contributed by atoms with E-state index in [1.54, 1.807) is 0 Å². The minimum atomic E-state index is -3.95. The van der Waals surface area contributed by atoms with Gasteiger partial charge in [-0.05, 0) is 12.1 Å². The summed E-state index contributed by atoms with van der Waals surface area (Å²) in [5, 5.41) is 9.78. The molecule has 0 fully saturated rings. The van der Waals surface area contributed by atoms with E-state index in [2.05, 4.69) is 4.72 Å². The number of ether oxygens (including phenoxy) is 4. The molecule has 0 radical (unpaired) electrons. The topological polar surface area (TPSA) is 103 Å². The molecule has 0 aliphatic heterocycles. The van der Waals surface area contributed by atoms with Crippen molar-refractivity contribution in [3.8, 4) is 28.7 Å². The Bertz CT molecular complexity index is 840. The van der Waals surface area contributed by atoms with E-state index < -0.39 is 10.0 Å². The molecule has 2 rings (SSSR count). The number of hydrogen-bond donors (Lipinski definition) is 2. The van der Waals surface area contributed by atoms with Crippen molar-refractivity contribution in [1.82, 2.24) is 0 Å². The van der Waals surface area contributed by atoms with Gasteiger partial charge in [0.15, 0.2) is 23.0 Å². The van der Waals surface area contributed by atoms with Crippen LogP contribution in [0.25, 0.3) is 0 Å². The summed E-state index contributed by atoms with van der Waals surface area (Å²) in [7, 11) is 1.73. The van der Waals surface area contributed by atoms with Gasteiger partial charge in [-0.2, -0.15) is 0 Å². The van der Waals surface area contributed by atoms with Gasteiger partial charge >= 0.3 is 0 Å². The van der Waals surface area contributed by atoms with E-state index in [1.165, 1.54) is 52.7 Å². The van der Waals surface area contributed by atoms with Crippen LogP contribution in [0.3, 0.4) is 0 Å². The Morgan fingerprint density at radius 1 is 0.840 bits per heavy atom. The van der Waals surface area contributed by atoms with Crippen LogP contribution >= 0.6 is 0 Å². The van der Waals surface area contributed by atoms with Crippen LogP contribution in [0.4, 0.5) is 5.69 Å². The monoisotopic (exact) mass is 369 g/mol. The second kappa shape index (κ2) is 7.39. The highest BCUT2D eigenvalue weighted by Crippen LogP contribution is 2.40. The average Bonchev–Trinajstić information content (AvgIpc) is 2.60. The molecule has 8 nitrogen and oxygen atoms in total. The van der Waals surface area contributed by atoms with Crippen molar-refractivity contribution in [2.24, 2.45) is 0 Å². The SMILES string of the molecule is COc1ccc(S(=O)(=O)Nc2cc(OC)c(OC)c(OC)c2)cc1O. The summed E-state index contributed by atoms with van der Waals surface area (Å²) >= 11 is 0. The summed E-state index contributed by atoms with van der Waals surface area (Å²) in [4.78, 5) is -0.125. The third kappa shape index (κ3) is 3.82. The van der Waals surface area contributed by atoms with Gasteiger partial charge in [-0.3, -0.25) is 4.72 Å². The van der Waals surface area contributed by atoms with E-state index in [0.717, 1.165) is 6.07 Å². The molecule has 0 atom stereocenters. The predicted octanol–water partition coefficient (Wildman–Crippen LogP) is 2.23. The van der Waals surface area contributed by atoms with Crippen LogP contribution < -0.4 is 23.7 Å². The number of rotatable bonds is 7. The molecular formula is C16H19NO7S. The molecule has 0 unspecified atom stereocenters. The van der Waals surface area contributed by atoms with Crippen LogP contribution in [0, 0.1) is 0 Å². The standard InChI is InChI=1S/C16H19NO7S/c1-21-13-6-5-11(9-12(13)18)25(19,20)17-10-7-14(22-2)16(24-4)15(8-10)23-3/h5-9,17-18H,1-4H3. The lowest BCUT2D eigenvalue weighted by atomic mass is 10.2. The summed E-state index contributed by atoms with van der Waals surface area (Å²) < 4.78 is 48.0. The highest BCUT2D eigenvalue weighted by molar-refractivity contribution is 7.92. The number of benzene rings is 2. The number of hydrogen-bond acceptors (Lipinski definition) is 7. The second-order valence-electron chi connectivity index (χ2n) is 4.85.